The minimum atomic E-state index is -0.0747. The molecule has 2 aromatic rings. The van der Waals surface area contributed by atoms with Gasteiger partial charge in [-0.1, -0.05) is 17.3 Å². The van der Waals surface area contributed by atoms with Gasteiger partial charge in [0.05, 0.1) is 12.3 Å². The number of oxime groups is 1. The van der Waals surface area contributed by atoms with Crippen LogP contribution in [0.4, 0.5) is 0 Å². The van der Waals surface area contributed by atoms with Gasteiger partial charge in [0.25, 0.3) is 0 Å². The van der Waals surface area contributed by atoms with Crippen LogP contribution < -0.4 is 10.5 Å². The summed E-state index contributed by atoms with van der Waals surface area (Å²) in [5, 5.41) is 25.1. The summed E-state index contributed by atoms with van der Waals surface area (Å²) in [5.41, 5.74) is 7.40. The van der Waals surface area contributed by atoms with Gasteiger partial charge in [-0.2, -0.15) is 5.10 Å². The fraction of sp³-hybridized carbons (Fsp3) is 0.231. The van der Waals surface area contributed by atoms with Gasteiger partial charge in [-0.25, -0.2) is 4.68 Å². The number of aromatic nitrogens is 2. The van der Waals surface area contributed by atoms with E-state index in [1.54, 1.807) is 38.2 Å². The maximum atomic E-state index is 9.12. The molecule has 0 radical (unpaired) electrons. The van der Waals surface area contributed by atoms with Crippen molar-refractivity contribution in [2.75, 3.05) is 0 Å². The average molecular weight is 276 g/mol. The third-order valence-electron chi connectivity index (χ3n) is 2.83. The summed E-state index contributed by atoms with van der Waals surface area (Å²) >= 11 is 0. The molecule has 1 aromatic heterocycles. The smallest absolute Gasteiger partial charge is 0.229 e. The van der Waals surface area contributed by atoms with Crippen LogP contribution in [0.2, 0.25) is 0 Å². The van der Waals surface area contributed by atoms with E-state index in [2.05, 4.69) is 10.3 Å². The minimum absolute atomic E-state index is 0.0658. The summed E-state index contributed by atoms with van der Waals surface area (Å²) in [6.45, 7) is 1.67. The summed E-state index contributed by atoms with van der Waals surface area (Å²) in [6.07, 6.45) is 0. The second kappa shape index (κ2) is 5.62. The van der Waals surface area contributed by atoms with E-state index in [1.807, 2.05) is 0 Å². The molecule has 7 heteroatoms. The molecule has 0 atom stereocenters. The van der Waals surface area contributed by atoms with Crippen molar-refractivity contribution >= 4 is 5.84 Å². The Morgan fingerprint density at radius 2 is 2.25 bits per heavy atom. The number of hydrogen-bond acceptors (Lipinski definition) is 5. The molecule has 20 heavy (non-hydrogen) atoms. The molecule has 0 unspecified atom stereocenters. The summed E-state index contributed by atoms with van der Waals surface area (Å²) < 4.78 is 7.25. The maximum Gasteiger partial charge on any atom is 0.229 e. The molecule has 2 rings (SSSR count). The molecule has 0 amide bonds. The lowest BCUT2D eigenvalue weighted by Crippen LogP contribution is -2.15. The molecule has 4 N–H and O–H groups in total. The zero-order chi connectivity index (χ0) is 14.7. The normalized spacial score (nSPS) is 11.7. The first-order chi connectivity index (χ1) is 9.56. The van der Waals surface area contributed by atoms with Gasteiger partial charge in [-0.05, 0) is 24.6 Å². The Kier molecular flexibility index (Phi) is 3.90. The van der Waals surface area contributed by atoms with Crippen molar-refractivity contribution < 1.29 is 15.1 Å². The highest BCUT2D eigenvalue weighted by molar-refractivity contribution is 6.00. The van der Waals surface area contributed by atoms with Crippen LogP contribution in [0.1, 0.15) is 16.8 Å². The Balaban J connectivity index is 2.42. The van der Waals surface area contributed by atoms with E-state index >= 15 is 0 Å². The number of aryl methyl sites for hydroxylation is 2. The van der Waals surface area contributed by atoms with E-state index < -0.39 is 0 Å². The number of amidine groups is 1. The lowest BCUT2D eigenvalue weighted by Gasteiger charge is -2.09. The number of aliphatic hydroxyl groups excluding tert-OH is 1. The predicted molar refractivity (Wildman–Crippen MR) is 72.9 cm³/mol. The second-order valence-corrected chi connectivity index (χ2v) is 4.28. The SMILES string of the molecule is Cc1nn(C)c(Oc2cccc(CO)c2)c1C(N)=NO. The van der Waals surface area contributed by atoms with E-state index in [0.717, 1.165) is 5.56 Å². The first kappa shape index (κ1) is 13.9. The average Bonchev–Trinajstić information content (AvgIpc) is 2.73. The minimum Gasteiger partial charge on any atom is -0.438 e. The van der Waals surface area contributed by atoms with Gasteiger partial charge in [0, 0.05) is 7.05 Å². The highest BCUT2D eigenvalue weighted by Gasteiger charge is 2.19. The zero-order valence-corrected chi connectivity index (χ0v) is 11.2. The van der Waals surface area contributed by atoms with E-state index in [0.29, 0.717) is 22.9 Å². The van der Waals surface area contributed by atoms with Crippen LogP contribution in [-0.2, 0) is 13.7 Å². The number of nitrogens with zero attached hydrogens (tertiary/aromatic N) is 3. The first-order valence-corrected chi connectivity index (χ1v) is 5.96. The molecule has 0 fully saturated rings. The summed E-state index contributed by atoms with van der Waals surface area (Å²) in [5.74, 6) is 0.836. The molecular formula is C13H16N4O3. The van der Waals surface area contributed by atoms with Crippen LogP contribution in [0, 0.1) is 6.92 Å². The molecular weight excluding hydrogens is 260 g/mol. The maximum absolute atomic E-state index is 9.12. The standard InChI is InChI=1S/C13H16N4O3/c1-8-11(12(14)16-19)13(17(2)15-8)20-10-5-3-4-9(6-10)7-18/h3-6,18-19H,7H2,1-2H3,(H2,14,16). The lowest BCUT2D eigenvalue weighted by atomic mass is 10.2. The predicted octanol–water partition coefficient (Wildman–Crippen LogP) is 1.11. The highest BCUT2D eigenvalue weighted by atomic mass is 16.5. The van der Waals surface area contributed by atoms with Crippen molar-refractivity contribution in [1.82, 2.24) is 9.78 Å². The van der Waals surface area contributed by atoms with Crippen molar-refractivity contribution in [2.45, 2.75) is 13.5 Å². The number of nitrogens with two attached hydrogens (primary N) is 1. The summed E-state index contributed by atoms with van der Waals surface area (Å²) in [7, 11) is 1.70. The van der Waals surface area contributed by atoms with Crippen LogP contribution in [0.5, 0.6) is 11.6 Å². The largest absolute Gasteiger partial charge is 0.438 e. The molecule has 0 saturated heterocycles. The van der Waals surface area contributed by atoms with E-state index in [1.165, 1.54) is 4.68 Å². The fourth-order valence-corrected chi connectivity index (χ4v) is 1.92. The van der Waals surface area contributed by atoms with Crippen LogP contribution in [0.15, 0.2) is 29.4 Å². The molecule has 0 saturated carbocycles. The number of hydrogen-bond donors (Lipinski definition) is 3. The van der Waals surface area contributed by atoms with E-state index in [9.17, 15) is 0 Å². The quantitative estimate of drug-likeness (QED) is 0.336. The molecule has 0 bridgehead atoms. The van der Waals surface area contributed by atoms with Crippen molar-refractivity contribution in [3.8, 4) is 11.6 Å². The number of rotatable bonds is 4. The molecule has 0 aliphatic heterocycles. The van der Waals surface area contributed by atoms with Gasteiger partial charge < -0.3 is 20.8 Å². The fourth-order valence-electron chi connectivity index (χ4n) is 1.92. The van der Waals surface area contributed by atoms with Crippen LogP contribution >= 0.6 is 0 Å². The summed E-state index contributed by atoms with van der Waals surface area (Å²) in [4.78, 5) is 0. The topological polar surface area (TPSA) is 106 Å². The van der Waals surface area contributed by atoms with E-state index in [-0.39, 0.29) is 12.4 Å². The van der Waals surface area contributed by atoms with Crippen molar-refractivity contribution in [3.05, 3.63) is 41.1 Å². The molecule has 0 aliphatic carbocycles. The number of benzene rings is 1. The Morgan fingerprint density at radius 3 is 2.90 bits per heavy atom. The third kappa shape index (κ3) is 2.57. The second-order valence-electron chi connectivity index (χ2n) is 4.28. The monoisotopic (exact) mass is 276 g/mol. The van der Waals surface area contributed by atoms with Crippen LogP contribution in [-0.4, -0.2) is 25.9 Å². The van der Waals surface area contributed by atoms with Gasteiger partial charge >= 0.3 is 0 Å². The van der Waals surface area contributed by atoms with Crippen LogP contribution in [0.25, 0.3) is 0 Å². The van der Waals surface area contributed by atoms with Gasteiger partial charge in [-0.15, -0.1) is 0 Å². The summed E-state index contributed by atoms with van der Waals surface area (Å²) in [6, 6.07) is 7.01. The van der Waals surface area contributed by atoms with Gasteiger partial charge in [0.1, 0.15) is 11.3 Å². The zero-order valence-electron chi connectivity index (χ0n) is 11.2. The van der Waals surface area contributed by atoms with Crippen molar-refractivity contribution in [2.24, 2.45) is 17.9 Å². The Morgan fingerprint density at radius 1 is 1.50 bits per heavy atom. The Labute approximate surface area is 115 Å². The lowest BCUT2D eigenvalue weighted by molar-refractivity contribution is 0.281. The molecule has 1 heterocycles. The molecule has 106 valence electrons. The van der Waals surface area contributed by atoms with Crippen molar-refractivity contribution in [1.29, 1.82) is 0 Å². The first-order valence-electron chi connectivity index (χ1n) is 5.96. The van der Waals surface area contributed by atoms with Gasteiger partial charge in [0.2, 0.25) is 5.88 Å². The van der Waals surface area contributed by atoms with Crippen LogP contribution in [0.3, 0.4) is 0 Å². The van der Waals surface area contributed by atoms with Gasteiger partial charge in [-0.3, -0.25) is 0 Å². The number of aliphatic hydroxyl groups is 1. The molecule has 1 aromatic carbocycles. The van der Waals surface area contributed by atoms with Crippen molar-refractivity contribution in [3.63, 3.8) is 0 Å². The molecule has 0 spiro atoms. The van der Waals surface area contributed by atoms with E-state index in [4.69, 9.17) is 20.8 Å². The van der Waals surface area contributed by atoms with Gasteiger partial charge in [0.15, 0.2) is 5.84 Å². The number of ether oxygens (including phenoxy) is 1. The Bertz CT molecular complexity index is 649. The highest BCUT2D eigenvalue weighted by Crippen LogP contribution is 2.27. The Hall–Kier alpha value is -2.54. The molecule has 0 aliphatic rings. The molecule has 7 nitrogen and oxygen atoms in total. The third-order valence-corrected chi connectivity index (χ3v) is 2.83.